The maximum absolute atomic E-state index is 11.7. The molecule has 9 heteroatoms. The summed E-state index contributed by atoms with van der Waals surface area (Å²) in [6.07, 6.45) is 2.51. The fourth-order valence-corrected chi connectivity index (χ4v) is 3.87. The second-order valence-corrected chi connectivity index (χ2v) is 8.92. The van der Waals surface area contributed by atoms with E-state index < -0.39 is 9.84 Å². The first-order valence-electron chi connectivity index (χ1n) is 6.83. The van der Waals surface area contributed by atoms with E-state index in [2.05, 4.69) is 20.8 Å². The summed E-state index contributed by atoms with van der Waals surface area (Å²) < 4.78 is 25.2. The number of rotatable bonds is 9. The minimum absolute atomic E-state index is 0.155. The van der Waals surface area contributed by atoms with Crippen LogP contribution < -0.4 is 5.32 Å². The van der Waals surface area contributed by atoms with Gasteiger partial charge < -0.3 is 5.32 Å². The first-order chi connectivity index (χ1) is 9.49. The van der Waals surface area contributed by atoms with Crippen LogP contribution in [-0.4, -0.2) is 58.0 Å². The third-order valence-corrected chi connectivity index (χ3v) is 6.58. The molecule has 7 nitrogen and oxygen atoms in total. The van der Waals surface area contributed by atoms with Gasteiger partial charge in [0.15, 0.2) is 9.84 Å². The maximum atomic E-state index is 11.7. The predicted molar refractivity (Wildman–Crippen MR) is 78.5 cm³/mol. The molecule has 0 saturated heterocycles. The lowest BCUT2D eigenvalue weighted by Crippen LogP contribution is -2.23. The molecule has 0 aromatic carbocycles. The van der Waals surface area contributed by atoms with E-state index in [9.17, 15) is 8.42 Å². The third kappa shape index (κ3) is 4.71. The molecule has 114 valence electrons. The fraction of sp³-hybridized carbons (Fsp3) is 0.909. The Morgan fingerprint density at radius 3 is 2.85 bits per heavy atom. The normalized spacial score (nSPS) is 15.9. The van der Waals surface area contributed by atoms with E-state index in [4.69, 9.17) is 0 Å². The Hall–Kier alpha value is -0.670. The van der Waals surface area contributed by atoms with Crippen molar-refractivity contribution >= 4 is 21.6 Å². The summed E-state index contributed by atoms with van der Waals surface area (Å²) >= 11 is 1.39. The van der Waals surface area contributed by atoms with E-state index in [0.717, 1.165) is 6.54 Å². The van der Waals surface area contributed by atoms with Crippen molar-refractivity contribution in [1.29, 1.82) is 0 Å². The smallest absolute Gasteiger partial charge is 0.209 e. The largest absolute Gasteiger partial charge is 0.312 e. The average Bonchev–Trinajstić information content (AvgIpc) is 3.09. The van der Waals surface area contributed by atoms with Gasteiger partial charge in [0.05, 0.1) is 17.5 Å². The zero-order valence-electron chi connectivity index (χ0n) is 11.8. The van der Waals surface area contributed by atoms with E-state index >= 15 is 0 Å². The molecule has 0 spiro atoms. The molecule has 1 aromatic rings. The summed E-state index contributed by atoms with van der Waals surface area (Å²) in [5.41, 5.74) is 0. The van der Waals surface area contributed by atoms with Crippen molar-refractivity contribution in [2.24, 2.45) is 0 Å². The molecule has 1 saturated carbocycles. The van der Waals surface area contributed by atoms with Gasteiger partial charge in [-0.15, -0.1) is 5.10 Å². The second kappa shape index (κ2) is 6.86. The number of hydrogen-bond acceptors (Lipinski definition) is 7. The molecule has 20 heavy (non-hydrogen) atoms. The highest BCUT2D eigenvalue weighted by Gasteiger charge is 2.20. The molecule has 1 aromatic heterocycles. The van der Waals surface area contributed by atoms with Gasteiger partial charge >= 0.3 is 0 Å². The summed E-state index contributed by atoms with van der Waals surface area (Å²) in [6.45, 7) is 4.96. The van der Waals surface area contributed by atoms with Crippen molar-refractivity contribution in [1.82, 2.24) is 25.5 Å². The maximum Gasteiger partial charge on any atom is 0.209 e. The number of sulfone groups is 1. The van der Waals surface area contributed by atoms with Crippen LogP contribution in [0, 0.1) is 0 Å². The average molecular weight is 319 g/mol. The summed E-state index contributed by atoms with van der Waals surface area (Å²) in [7, 11) is -3.00. The standard InChI is InChI=1S/C11H21N5O2S2/c1-9(2)20(17,18)8-7-19-11-13-14-15-16(11)6-5-12-10-3-4-10/h9-10,12H,3-8H2,1-2H3. The van der Waals surface area contributed by atoms with Crippen LogP contribution in [-0.2, 0) is 16.4 Å². The minimum atomic E-state index is -3.00. The van der Waals surface area contributed by atoms with Crippen molar-refractivity contribution < 1.29 is 8.42 Å². The van der Waals surface area contributed by atoms with Crippen LogP contribution in [0.5, 0.6) is 0 Å². The van der Waals surface area contributed by atoms with Gasteiger partial charge in [-0.1, -0.05) is 11.8 Å². The Labute approximate surface area is 123 Å². The third-order valence-electron chi connectivity index (χ3n) is 3.15. The highest BCUT2D eigenvalue weighted by molar-refractivity contribution is 8.00. The van der Waals surface area contributed by atoms with Crippen molar-refractivity contribution in [2.45, 2.75) is 49.7 Å². The van der Waals surface area contributed by atoms with Crippen molar-refractivity contribution in [3.8, 4) is 0 Å². The van der Waals surface area contributed by atoms with Gasteiger partial charge in [-0.25, -0.2) is 13.1 Å². The number of tetrazole rings is 1. The van der Waals surface area contributed by atoms with Gasteiger partial charge in [0.2, 0.25) is 5.16 Å². The summed E-state index contributed by atoms with van der Waals surface area (Å²) in [5.74, 6) is 0.638. The highest BCUT2D eigenvalue weighted by Crippen LogP contribution is 2.18. The van der Waals surface area contributed by atoms with E-state index in [0.29, 0.717) is 23.5 Å². The monoisotopic (exact) mass is 319 g/mol. The van der Waals surface area contributed by atoms with E-state index in [1.54, 1.807) is 18.5 Å². The molecular formula is C11H21N5O2S2. The number of thioether (sulfide) groups is 1. The van der Waals surface area contributed by atoms with Gasteiger partial charge in [-0.05, 0) is 37.1 Å². The SMILES string of the molecule is CC(C)S(=O)(=O)CCSc1nnnn1CCNC1CC1. The first-order valence-corrected chi connectivity index (χ1v) is 9.53. The van der Waals surface area contributed by atoms with E-state index in [1.807, 2.05) is 0 Å². The van der Waals surface area contributed by atoms with E-state index in [-0.39, 0.29) is 11.0 Å². The van der Waals surface area contributed by atoms with Gasteiger partial charge in [0, 0.05) is 18.3 Å². The molecule has 0 radical (unpaired) electrons. The molecule has 1 aliphatic carbocycles. The molecule has 1 heterocycles. The molecule has 0 unspecified atom stereocenters. The van der Waals surface area contributed by atoms with Crippen molar-refractivity contribution in [3.63, 3.8) is 0 Å². The Balaban J connectivity index is 1.76. The molecule has 0 aliphatic heterocycles. The van der Waals surface area contributed by atoms with Crippen LogP contribution >= 0.6 is 11.8 Å². The lowest BCUT2D eigenvalue weighted by atomic mass is 10.6. The number of hydrogen-bond donors (Lipinski definition) is 1. The molecule has 1 aliphatic rings. The van der Waals surface area contributed by atoms with Gasteiger partial charge in [-0.2, -0.15) is 0 Å². The van der Waals surface area contributed by atoms with Gasteiger partial charge in [-0.3, -0.25) is 0 Å². The molecule has 1 N–H and O–H groups in total. The lowest BCUT2D eigenvalue weighted by molar-refractivity contribution is 0.509. The zero-order chi connectivity index (χ0) is 14.6. The number of aromatic nitrogens is 4. The minimum Gasteiger partial charge on any atom is -0.312 e. The summed E-state index contributed by atoms with van der Waals surface area (Å²) in [5, 5.41) is 15.3. The molecule has 0 bridgehead atoms. The zero-order valence-corrected chi connectivity index (χ0v) is 13.5. The Bertz CT molecular complexity index is 525. The number of nitrogens with zero attached hydrogens (tertiary/aromatic N) is 4. The second-order valence-electron chi connectivity index (χ2n) is 5.18. The molecule has 0 atom stereocenters. The van der Waals surface area contributed by atoms with Crippen LogP contribution in [0.2, 0.25) is 0 Å². The van der Waals surface area contributed by atoms with Crippen LogP contribution in [0.1, 0.15) is 26.7 Å². The Morgan fingerprint density at radius 1 is 1.45 bits per heavy atom. The van der Waals surface area contributed by atoms with Gasteiger partial charge in [0.1, 0.15) is 0 Å². The lowest BCUT2D eigenvalue weighted by Gasteiger charge is -2.07. The predicted octanol–water partition coefficient (Wildman–Crippen LogP) is 0.340. The summed E-state index contributed by atoms with van der Waals surface area (Å²) in [6, 6.07) is 0.666. The van der Waals surface area contributed by atoms with Crippen molar-refractivity contribution in [2.75, 3.05) is 18.1 Å². The van der Waals surface area contributed by atoms with Crippen molar-refractivity contribution in [3.05, 3.63) is 0 Å². The fourth-order valence-electron chi connectivity index (χ4n) is 1.59. The van der Waals surface area contributed by atoms with Crippen LogP contribution in [0.15, 0.2) is 5.16 Å². The van der Waals surface area contributed by atoms with Crippen LogP contribution in [0.3, 0.4) is 0 Å². The quantitative estimate of drug-likeness (QED) is 0.656. The topological polar surface area (TPSA) is 89.8 Å². The highest BCUT2D eigenvalue weighted by atomic mass is 32.2. The van der Waals surface area contributed by atoms with Gasteiger partial charge in [0.25, 0.3) is 0 Å². The first kappa shape index (κ1) is 15.7. The Kier molecular flexibility index (Phi) is 5.39. The molecular weight excluding hydrogens is 298 g/mol. The molecule has 0 amide bonds. The molecule has 1 fully saturated rings. The Morgan fingerprint density at radius 2 is 2.20 bits per heavy atom. The van der Waals surface area contributed by atoms with E-state index in [1.165, 1.54) is 24.6 Å². The van der Waals surface area contributed by atoms with Crippen LogP contribution in [0.25, 0.3) is 0 Å². The summed E-state index contributed by atoms with van der Waals surface area (Å²) in [4.78, 5) is 0. The molecule has 2 rings (SSSR count). The number of nitrogens with one attached hydrogen (secondary N) is 1. The van der Waals surface area contributed by atoms with Crippen LogP contribution in [0.4, 0.5) is 0 Å².